The van der Waals surface area contributed by atoms with E-state index in [1.165, 1.54) is 4.85 Å². The van der Waals surface area contributed by atoms with Gasteiger partial charge in [-0.25, -0.2) is 0 Å². The molecule has 0 saturated heterocycles. The van der Waals surface area contributed by atoms with Crippen LogP contribution in [0.3, 0.4) is 0 Å². The van der Waals surface area contributed by atoms with Crippen molar-refractivity contribution in [3.63, 3.8) is 0 Å². The maximum absolute atomic E-state index is 5.79. The molecule has 18 heavy (non-hydrogen) atoms. The fourth-order valence-electron chi connectivity index (χ4n) is 1.81. The summed E-state index contributed by atoms with van der Waals surface area (Å²) in [6.07, 6.45) is 0. The van der Waals surface area contributed by atoms with Crippen molar-refractivity contribution in [3.8, 4) is 5.75 Å². The summed E-state index contributed by atoms with van der Waals surface area (Å²) >= 11 is 0. The molecule has 0 fully saturated rings. The molecule has 4 heteroatoms. The molecule has 3 rings (SSSR count). The van der Waals surface area contributed by atoms with Crippen molar-refractivity contribution < 1.29 is 4.84 Å². The van der Waals surface area contributed by atoms with Gasteiger partial charge in [0.1, 0.15) is 11.0 Å². The summed E-state index contributed by atoms with van der Waals surface area (Å²) in [4.78, 5) is 7.24. The quantitative estimate of drug-likeness (QED) is 0.690. The molecule has 0 spiro atoms. The Labute approximate surface area is 105 Å². The zero-order chi connectivity index (χ0) is 12.5. The first-order chi connectivity index (χ1) is 8.74. The molecule has 1 aromatic heterocycles. The van der Waals surface area contributed by atoms with Crippen molar-refractivity contribution in [3.05, 3.63) is 53.6 Å². The van der Waals surface area contributed by atoms with Crippen LogP contribution in [-0.4, -0.2) is 15.2 Å². The van der Waals surface area contributed by atoms with Crippen LogP contribution in [0.25, 0.3) is 11.0 Å². The number of nitrogens with zero attached hydrogens (tertiary/aromatic N) is 3. The minimum absolute atomic E-state index is 0.797. The number of hydrogen-bond donors (Lipinski definition) is 0. The fourth-order valence-corrected chi connectivity index (χ4v) is 1.81. The highest BCUT2D eigenvalue weighted by Gasteiger charge is 2.07. The molecule has 0 saturated carbocycles. The van der Waals surface area contributed by atoms with E-state index >= 15 is 0 Å². The SMILES string of the molecule is Cc1ccc(C)c(On2nnc3ccccc32)c1. The van der Waals surface area contributed by atoms with E-state index in [1.54, 1.807) is 0 Å². The molecular formula is C14H13N3O. The molecule has 0 atom stereocenters. The van der Waals surface area contributed by atoms with Crippen LogP contribution < -0.4 is 4.84 Å². The standard InChI is InChI=1S/C14H13N3O/c1-10-7-8-11(2)14(9-10)18-17-13-6-4-3-5-12(13)15-16-17/h3-9H,1-2H3. The van der Waals surface area contributed by atoms with Crippen molar-refractivity contribution in [1.82, 2.24) is 15.2 Å². The lowest BCUT2D eigenvalue weighted by Gasteiger charge is -2.08. The van der Waals surface area contributed by atoms with Crippen LogP contribution in [-0.2, 0) is 0 Å². The zero-order valence-corrected chi connectivity index (χ0v) is 10.3. The highest BCUT2D eigenvalue weighted by Crippen LogP contribution is 2.20. The van der Waals surface area contributed by atoms with Crippen LogP contribution in [0.4, 0.5) is 0 Å². The average molecular weight is 239 g/mol. The first kappa shape index (κ1) is 10.8. The summed E-state index contributed by atoms with van der Waals surface area (Å²) in [6.45, 7) is 4.04. The molecule has 1 heterocycles. The predicted molar refractivity (Wildman–Crippen MR) is 69.5 cm³/mol. The second kappa shape index (κ2) is 4.14. The number of para-hydroxylation sites is 1. The second-order valence-electron chi connectivity index (χ2n) is 4.31. The van der Waals surface area contributed by atoms with E-state index in [0.29, 0.717) is 0 Å². The predicted octanol–water partition coefficient (Wildman–Crippen LogP) is 2.89. The molecule has 0 aliphatic rings. The van der Waals surface area contributed by atoms with E-state index in [2.05, 4.69) is 16.4 Å². The molecule has 4 nitrogen and oxygen atoms in total. The number of hydrogen-bond acceptors (Lipinski definition) is 3. The Morgan fingerprint density at radius 1 is 1.06 bits per heavy atom. The largest absolute Gasteiger partial charge is 0.356 e. The van der Waals surface area contributed by atoms with Gasteiger partial charge in [-0.1, -0.05) is 29.1 Å². The van der Waals surface area contributed by atoms with Crippen molar-refractivity contribution in [1.29, 1.82) is 0 Å². The van der Waals surface area contributed by atoms with Crippen molar-refractivity contribution >= 4 is 11.0 Å². The Bertz CT molecular complexity index is 703. The van der Waals surface area contributed by atoms with Gasteiger partial charge in [-0.05, 0) is 48.4 Å². The molecule has 0 unspecified atom stereocenters. The van der Waals surface area contributed by atoms with Crippen molar-refractivity contribution in [2.24, 2.45) is 0 Å². The summed E-state index contributed by atoms with van der Waals surface area (Å²) < 4.78 is 0. The van der Waals surface area contributed by atoms with Crippen LogP contribution in [0, 0.1) is 13.8 Å². The third kappa shape index (κ3) is 1.82. The molecule has 0 aliphatic heterocycles. The topological polar surface area (TPSA) is 39.9 Å². The van der Waals surface area contributed by atoms with Crippen LogP contribution in [0.15, 0.2) is 42.5 Å². The number of fused-ring (bicyclic) bond motifs is 1. The van der Waals surface area contributed by atoms with E-state index in [1.807, 2.05) is 50.2 Å². The van der Waals surface area contributed by atoms with Gasteiger partial charge in [0.05, 0.1) is 0 Å². The van der Waals surface area contributed by atoms with Crippen LogP contribution in [0.2, 0.25) is 0 Å². The number of benzene rings is 2. The zero-order valence-electron chi connectivity index (χ0n) is 10.3. The summed E-state index contributed by atoms with van der Waals surface area (Å²) in [7, 11) is 0. The van der Waals surface area contributed by atoms with Crippen LogP contribution in [0.1, 0.15) is 11.1 Å². The lowest BCUT2D eigenvalue weighted by Crippen LogP contribution is -2.08. The van der Waals surface area contributed by atoms with Gasteiger partial charge < -0.3 is 4.84 Å². The lowest BCUT2D eigenvalue weighted by molar-refractivity contribution is 0.183. The highest BCUT2D eigenvalue weighted by molar-refractivity contribution is 5.73. The first-order valence-electron chi connectivity index (χ1n) is 5.80. The monoisotopic (exact) mass is 239 g/mol. The third-order valence-electron chi connectivity index (χ3n) is 2.85. The third-order valence-corrected chi connectivity index (χ3v) is 2.85. The smallest absolute Gasteiger partial charge is 0.161 e. The number of rotatable bonds is 2. The Kier molecular flexibility index (Phi) is 2.48. The van der Waals surface area contributed by atoms with E-state index < -0.39 is 0 Å². The number of aromatic nitrogens is 3. The van der Waals surface area contributed by atoms with Gasteiger partial charge in [0.25, 0.3) is 0 Å². The molecule has 90 valence electrons. The summed E-state index contributed by atoms with van der Waals surface area (Å²) in [5.74, 6) is 0.797. The number of aryl methyl sites for hydroxylation is 2. The van der Waals surface area contributed by atoms with E-state index in [9.17, 15) is 0 Å². The minimum atomic E-state index is 0.797. The fraction of sp³-hybridized carbons (Fsp3) is 0.143. The molecule has 0 N–H and O–H groups in total. The Balaban J connectivity index is 2.04. The Hall–Kier alpha value is -2.36. The van der Waals surface area contributed by atoms with Crippen molar-refractivity contribution in [2.75, 3.05) is 0 Å². The van der Waals surface area contributed by atoms with E-state index in [0.717, 1.165) is 27.9 Å². The minimum Gasteiger partial charge on any atom is -0.356 e. The molecule has 2 aromatic carbocycles. The Morgan fingerprint density at radius 2 is 1.89 bits per heavy atom. The molecule has 0 aliphatic carbocycles. The maximum Gasteiger partial charge on any atom is 0.161 e. The van der Waals surface area contributed by atoms with Crippen molar-refractivity contribution in [2.45, 2.75) is 13.8 Å². The second-order valence-corrected chi connectivity index (χ2v) is 4.31. The molecule has 3 aromatic rings. The van der Waals surface area contributed by atoms with Gasteiger partial charge in [-0.3, -0.25) is 0 Å². The summed E-state index contributed by atoms with van der Waals surface area (Å²) in [5, 5.41) is 8.06. The first-order valence-corrected chi connectivity index (χ1v) is 5.80. The van der Waals surface area contributed by atoms with Crippen LogP contribution in [0.5, 0.6) is 5.75 Å². The lowest BCUT2D eigenvalue weighted by atomic mass is 10.1. The molecule has 0 bridgehead atoms. The van der Waals surface area contributed by atoms with Gasteiger partial charge in [0.2, 0.25) is 0 Å². The normalized spacial score (nSPS) is 10.8. The summed E-state index contributed by atoms with van der Waals surface area (Å²) in [6, 6.07) is 13.8. The van der Waals surface area contributed by atoms with E-state index in [-0.39, 0.29) is 0 Å². The Morgan fingerprint density at radius 3 is 2.78 bits per heavy atom. The van der Waals surface area contributed by atoms with E-state index in [4.69, 9.17) is 4.84 Å². The molecular weight excluding hydrogens is 226 g/mol. The van der Waals surface area contributed by atoms with Gasteiger partial charge >= 0.3 is 0 Å². The molecule has 0 amide bonds. The molecule has 0 radical (unpaired) electrons. The van der Waals surface area contributed by atoms with Gasteiger partial charge in [-0.15, -0.1) is 5.10 Å². The van der Waals surface area contributed by atoms with Gasteiger partial charge in [0, 0.05) is 0 Å². The van der Waals surface area contributed by atoms with Gasteiger partial charge in [-0.2, -0.15) is 0 Å². The summed E-state index contributed by atoms with van der Waals surface area (Å²) in [5.41, 5.74) is 3.90. The van der Waals surface area contributed by atoms with Crippen LogP contribution >= 0.6 is 0 Å². The maximum atomic E-state index is 5.79. The van der Waals surface area contributed by atoms with Gasteiger partial charge in [0.15, 0.2) is 5.75 Å². The average Bonchev–Trinajstić information content (AvgIpc) is 2.78. The highest BCUT2D eigenvalue weighted by atomic mass is 16.7.